The number of hydrogen-bond acceptors (Lipinski definition) is 8. The van der Waals surface area contributed by atoms with Gasteiger partial charge in [-0.3, -0.25) is 19.1 Å². The maximum Gasteiger partial charge on any atom is 0.337 e. The Labute approximate surface area is 308 Å². The summed E-state index contributed by atoms with van der Waals surface area (Å²) in [5.41, 5.74) is 3.37. The number of pyridine rings is 2. The molecule has 1 aliphatic heterocycles. The van der Waals surface area contributed by atoms with Crippen molar-refractivity contribution in [1.29, 1.82) is 0 Å². The number of phenolic OH excluding ortho intramolecular Hbond substituents is 1. The summed E-state index contributed by atoms with van der Waals surface area (Å²) in [6, 6.07) is 16.4. The van der Waals surface area contributed by atoms with Gasteiger partial charge in [0.25, 0.3) is 5.56 Å². The van der Waals surface area contributed by atoms with E-state index in [9.17, 15) is 28.3 Å². The van der Waals surface area contributed by atoms with E-state index in [2.05, 4.69) is 20.2 Å². The van der Waals surface area contributed by atoms with Crippen LogP contribution in [-0.4, -0.2) is 77.0 Å². The zero-order chi connectivity index (χ0) is 37.3. The van der Waals surface area contributed by atoms with Gasteiger partial charge in [-0.15, -0.1) is 0 Å². The van der Waals surface area contributed by atoms with Crippen molar-refractivity contribution in [2.24, 2.45) is 0 Å². The monoisotopic (exact) mass is 734 g/mol. The number of nitrogens with one attached hydrogen (secondary N) is 1. The molecule has 8 rings (SSSR count). The van der Waals surface area contributed by atoms with Gasteiger partial charge in [0.2, 0.25) is 6.41 Å². The molecule has 1 amide bonds. The molecule has 14 heteroatoms. The Morgan fingerprint density at radius 3 is 2.59 bits per heavy atom. The van der Waals surface area contributed by atoms with E-state index in [-0.39, 0.29) is 28.6 Å². The number of carbonyl (C=O) groups excluding carboxylic acids is 1. The Morgan fingerprint density at radius 2 is 1.76 bits per heavy atom. The Morgan fingerprint density at radius 1 is 0.907 bits per heavy atom. The summed E-state index contributed by atoms with van der Waals surface area (Å²) >= 11 is 0. The zero-order valence-electron chi connectivity index (χ0n) is 29.6. The van der Waals surface area contributed by atoms with E-state index in [4.69, 9.17) is 0 Å². The van der Waals surface area contributed by atoms with Gasteiger partial charge in [0.05, 0.1) is 23.0 Å². The molecule has 0 spiro atoms. The number of fused-ring (bicyclic) bond motifs is 2. The molecular formula is C40H40F2N8O4. The SMILES string of the molecule is O=CN1CCCN(Cc2cc(O)ccc2-c2cccc(-n3c(=O)n(C4CCC(NCc5cn6cc(F)ccc6n5)CC4)c(=O)c4cc(F)cnc43)c2)CC1. The van der Waals surface area contributed by atoms with Crippen molar-refractivity contribution in [3.63, 3.8) is 0 Å². The summed E-state index contributed by atoms with van der Waals surface area (Å²) < 4.78 is 32.6. The third-order valence-electron chi connectivity index (χ3n) is 10.7. The molecular weight excluding hydrogens is 694 g/mol. The number of carbonyl (C=O) groups is 1. The topological polar surface area (TPSA) is 130 Å². The fourth-order valence-electron chi connectivity index (χ4n) is 7.93. The van der Waals surface area contributed by atoms with E-state index < -0.39 is 23.1 Å². The highest BCUT2D eigenvalue weighted by Gasteiger charge is 2.28. The second-order valence-corrected chi connectivity index (χ2v) is 14.2. The van der Waals surface area contributed by atoms with E-state index in [0.29, 0.717) is 69.7 Å². The van der Waals surface area contributed by atoms with Crippen molar-refractivity contribution in [3.05, 3.63) is 123 Å². The number of aromatic nitrogens is 5. The standard InChI is InChI=1S/C40H40F2N8O4/c41-28-5-12-37-45-31(24-48(37)23-28)21-43-30-6-8-32(9-7-30)50-39(53)36-19-29(42)20-44-38(36)49(40(50)54)33-4-1-3-26(17-33)35-11-10-34(52)18-27(35)22-46-13-2-14-47(25-51)16-15-46/h1,3-5,10-12,17-20,23-25,30,32,43,52H,2,6-9,13-16,21-22H2. The van der Waals surface area contributed by atoms with Crippen molar-refractivity contribution in [2.75, 3.05) is 26.2 Å². The van der Waals surface area contributed by atoms with Crippen LogP contribution in [0, 0.1) is 11.6 Å². The van der Waals surface area contributed by atoms with Crippen molar-refractivity contribution < 1.29 is 18.7 Å². The fourth-order valence-corrected chi connectivity index (χ4v) is 7.93. The number of imidazole rings is 1. The summed E-state index contributed by atoms with van der Waals surface area (Å²) in [5, 5.41) is 14.0. The second-order valence-electron chi connectivity index (χ2n) is 14.2. The number of amides is 1. The molecule has 0 radical (unpaired) electrons. The molecule has 12 nitrogen and oxygen atoms in total. The van der Waals surface area contributed by atoms with E-state index in [0.717, 1.165) is 54.0 Å². The second kappa shape index (κ2) is 15.0. The van der Waals surface area contributed by atoms with Gasteiger partial charge in [0, 0.05) is 63.7 Å². The first-order valence-electron chi connectivity index (χ1n) is 18.3. The minimum Gasteiger partial charge on any atom is -0.508 e. The summed E-state index contributed by atoms with van der Waals surface area (Å²) in [7, 11) is 0. The lowest BCUT2D eigenvalue weighted by Crippen LogP contribution is -2.44. The number of hydrogen-bond donors (Lipinski definition) is 2. The fraction of sp³-hybridized carbons (Fsp3) is 0.325. The van der Waals surface area contributed by atoms with E-state index in [1.54, 1.807) is 39.8 Å². The number of phenols is 1. The Balaban J connectivity index is 1.08. The quantitative estimate of drug-likeness (QED) is 0.203. The largest absolute Gasteiger partial charge is 0.508 e. The molecule has 6 aromatic rings. The average Bonchev–Trinajstić information content (AvgIpc) is 3.44. The molecule has 1 saturated carbocycles. The van der Waals surface area contributed by atoms with Crippen LogP contribution in [0.2, 0.25) is 0 Å². The Bertz CT molecular complexity index is 2470. The summed E-state index contributed by atoms with van der Waals surface area (Å²) in [4.78, 5) is 52.6. The van der Waals surface area contributed by atoms with Crippen molar-refractivity contribution in [2.45, 2.75) is 57.3 Å². The van der Waals surface area contributed by atoms with Crippen molar-refractivity contribution >= 4 is 23.1 Å². The van der Waals surface area contributed by atoms with Crippen LogP contribution in [0.3, 0.4) is 0 Å². The summed E-state index contributed by atoms with van der Waals surface area (Å²) in [5.74, 6) is -0.885. The van der Waals surface area contributed by atoms with Crippen molar-refractivity contribution in [1.82, 2.24) is 38.6 Å². The minimum atomic E-state index is -0.675. The molecule has 1 aliphatic carbocycles. The number of benzene rings is 2. The van der Waals surface area contributed by atoms with Gasteiger partial charge >= 0.3 is 5.69 Å². The molecule has 54 heavy (non-hydrogen) atoms. The van der Waals surface area contributed by atoms with Gasteiger partial charge in [0.1, 0.15) is 23.0 Å². The van der Waals surface area contributed by atoms with E-state index in [1.165, 1.54) is 21.4 Å². The lowest BCUT2D eigenvalue weighted by atomic mass is 9.91. The van der Waals surface area contributed by atoms with Crippen LogP contribution in [0.1, 0.15) is 49.4 Å². The molecule has 2 aliphatic rings. The first-order valence-corrected chi connectivity index (χ1v) is 18.3. The van der Waals surface area contributed by atoms with Gasteiger partial charge in [0.15, 0.2) is 5.65 Å². The van der Waals surface area contributed by atoms with Gasteiger partial charge in [-0.25, -0.2) is 28.1 Å². The number of aromatic hydroxyl groups is 1. The molecule has 2 aromatic carbocycles. The maximum absolute atomic E-state index is 14.6. The van der Waals surface area contributed by atoms with Crippen LogP contribution in [0.25, 0.3) is 33.5 Å². The lowest BCUT2D eigenvalue weighted by Gasteiger charge is -2.30. The van der Waals surface area contributed by atoms with Gasteiger partial charge in [-0.2, -0.15) is 0 Å². The highest BCUT2D eigenvalue weighted by atomic mass is 19.1. The Kier molecular flexibility index (Phi) is 9.78. The smallest absolute Gasteiger partial charge is 0.337 e. The van der Waals surface area contributed by atoms with Crippen LogP contribution in [0.4, 0.5) is 8.78 Å². The van der Waals surface area contributed by atoms with Gasteiger partial charge in [-0.1, -0.05) is 18.2 Å². The predicted octanol–water partition coefficient (Wildman–Crippen LogP) is 4.78. The normalized spacial score (nSPS) is 18.3. The first-order chi connectivity index (χ1) is 26.2. The first kappa shape index (κ1) is 35.3. The average molecular weight is 735 g/mol. The van der Waals surface area contributed by atoms with E-state index in [1.807, 2.05) is 24.3 Å². The highest BCUT2D eigenvalue weighted by molar-refractivity contribution is 5.77. The van der Waals surface area contributed by atoms with Gasteiger partial charge < -0.3 is 19.7 Å². The maximum atomic E-state index is 14.6. The van der Waals surface area contributed by atoms with Crippen LogP contribution in [-0.2, 0) is 17.9 Å². The molecule has 0 bridgehead atoms. The minimum absolute atomic E-state index is 0.0133. The zero-order valence-corrected chi connectivity index (χ0v) is 29.6. The summed E-state index contributed by atoms with van der Waals surface area (Å²) in [6.45, 7) is 3.85. The highest BCUT2D eigenvalue weighted by Crippen LogP contribution is 2.31. The van der Waals surface area contributed by atoms with Crippen LogP contribution in [0.5, 0.6) is 5.75 Å². The number of rotatable bonds is 9. The Hall–Kier alpha value is -5.73. The van der Waals surface area contributed by atoms with Crippen LogP contribution >= 0.6 is 0 Å². The molecule has 4 aromatic heterocycles. The number of halogens is 2. The van der Waals surface area contributed by atoms with Gasteiger partial charge in [-0.05, 0) is 91.3 Å². The molecule has 1 saturated heterocycles. The van der Waals surface area contributed by atoms with Crippen molar-refractivity contribution in [3.8, 4) is 22.6 Å². The lowest BCUT2D eigenvalue weighted by molar-refractivity contribution is -0.118. The molecule has 2 N–H and O–H groups in total. The predicted molar refractivity (Wildman–Crippen MR) is 199 cm³/mol. The summed E-state index contributed by atoms with van der Waals surface area (Å²) in [6.07, 6.45) is 8.40. The molecule has 5 heterocycles. The molecule has 278 valence electrons. The van der Waals surface area contributed by atoms with Crippen LogP contribution < -0.4 is 16.6 Å². The van der Waals surface area contributed by atoms with E-state index >= 15 is 0 Å². The number of nitrogens with zero attached hydrogens (tertiary/aromatic N) is 7. The molecule has 0 unspecified atom stereocenters. The van der Waals surface area contributed by atoms with Crippen LogP contribution in [0.15, 0.2) is 88.8 Å². The molecule has 2 fully saturated rings. The third-order valence-corrected chi connectivity index (χ3v) is 10.7. The molecule has 0 atom stereocenters. The third kappa shape index (κ3) is 7.14.